The van der Waals surface area contributed by atoms with E-state index in [1.165, 1.54) is 0 Å². The van der Waals surface area contributed by atoms with Crippen LogP contribution in [0.1, 0.15) is 0 Å². The maximum Gasteiger partial charge on any atom is 0.191 e. The predicted octanol–water partition coefficient (Wildman–Crippen LogP) is 1.75. The van der Waals surface area contributed by atoms with Crippen LogP contribution < -0.4 is 4.74 Å². The van der Waals surface area contributed by atoms with E-state index >= 15 is 0 Å². The molecule has 1 heterocycles. The summed E-state index contributed by atoms with van der Waals surface area (Å²) in [5, 5.41) is 7.00. The Hall–Kier alpha value is -1.84. The van der Waals surface area contributed by atoms with Crippen LogP contribution in [0, 0.1) is 0 Å². The number of hydrogen-bond donors (Lipinski definition) is 0. The van der Waals surface area contributed by atoms with E-state index in [0.717, 1.165) is 11.3 Å². The van der Waals surface area contributed by atoms with Crippen molar-refractivity contribution >= 4 is 0 Å². The summed E-state index contributed by atoms with van der Waals surface area (Å²) in [6, 6.07) is 7.55. The van der Waals surface area contributed by atoms with Gasteiger partial charge in [-0.25, -0.2) is 0 Å². The molecule has 0 amide bonds. The first kappa shape index (κ1) is 7.79. The van der Waals surface area contributed by atoms with Gasteiger partial charge in [-0.15, -0.1) is 5.10 Å². The molecule has 66 valence electrons. The fourth-order valence-corrected chi connectivity index (χ4v) is 1.13. The van der Waals surface area contributed by atoms with Crippen LogP contribution in [0.4, 0.5) is 0 Å². The summed E-state index contributed by atoms with van der Waals surface area (Å²) in [7, 11) is 1.61. The zero-order chi connectivity index (χ0) is 9.10. The van der Waals surface area contributed by atoms with E-state index in [4.69, 9.17) is 9.26 Å². The molecular formula is C9H8N2O2. The fraction of sp³-hybridized carbons (Fsp3) is 0.111. The molecule has 0 fully saturated rings. The second kappa shape index (κ2) is 3.26. The van der Waals surface area contributed by atoms with Crippen molar-refractivity contribution < 1.29 is 9.26 Å². The van der Waals surface area contributed by atoms with E-state index in [-0.39, 0.29) is 0 Å². The van der Waals surface area contributed by atoms with Crippen LogP contribution in [0.3, 0.4) is 0 Å². The van der Waals surface area contributed by atoms with Crippen molar-refractivity contribution in [2.45, 2.75) is 0 Å². The molecule has 0 radical (unpaired) electrons. The van der Waals surface area contributed by atoms with Crippen molar-refractivity contribution in [2.75, 3.05) is 7.11 Å². The van der Waals surface area contributed by atoms with Crippen molar-refractivity contribution in [3.8, 4) is 17.1 Å². The van der Waals surface area contributed by atoms with E-state index < -0.39 is 0 Å². The van der Waals surface area contributed by atoms with Gasteiger partial charge in [-0.05, 0) is 12.1 Å². The lowest BCUT2D eigenvalue weighted by Crippen LogP contribution is -1.85. The Morgan fingerprint density at radius 3 is 2.85 bits per heavy atom. The summed E-state index contributed by atoms with van der Waals surface area (Å²) < 4.78 is 10.1. The van der Waals surface area contributed by atoms with Crippen molar-refractivity contribution in [1.29, 1.82) is 0 Å². The Morgan fingerprint density at radius 2 is 2.15 bits per heavy atom. The normalized spacial score (nSPS) is 9.92. The molecule has 1 aromatic heterocycles. The van der Waals surface area contributed by atoms with Gasteiger partial charge in [-0.3, -0.25) is 0 Å². The van der Waals surface area contributed by atoms with Gasteiger partial charge in [-0.2, -0.15) is 0 Å². The number of para-hydroxylation sites is 1. The Kier molecular flexibility index (Phi) is 1.96. The second-order valence-electron chi connectivity index (χ2n) is 2.48. The number of methoxy groups -OCH3 is 1. The van der Waals surface area contributed by atoms with Gasteiger partial charge in [-0.1, -0.05) is 12.1 Å². The molecule has 2 aromatic rings. The second-order valence-corrected chi connectivity index (χ2v) is 2.48. The number of rotatable bonds is 2. The molecule has 1 aromatic carbocycles. The molecule has 0 unspecified atom stereocenters. The Morgan fingerprint density at radius 1 is 1.31 bits per heavy atom. The third-order valence-electron chi connectivity index (χ3n) is 1.73. The van der Waals surface area contributed by atoms with Crippen LogP contribution in [0.2, 0.25) is 0 Å². The fourth-order valence-electron chi connectivity index (χ4n) is 1.13. The first-order valence-corrected chi connectivity index (χ1v) is 3.82. The zero-order valence-corrected chi connectivity index (χ0v) is 7.10. The summed E-state index contributed by atoms with van der Waals surface area (Å²) in [6.07, 6.45) is 1.55. The minimum absolute atomic E-state index is 0.609. The molecule has 0 spiro atoms. The lowest BCUT2D eigenvalue weighted by molar-refractivity contribution is 0.393. The first-order chi connectivity index (χ1) is 6.42. The summed E-state index contributed by atoms with van der Waals surface area (Å²) in [6.45, 7) is 0. The molecule has 0 saturated heterocycles. The lowest BCUT2D eigenvalue weighted by atomic mass is 10.1. The highest BCUT2D eigenvalue weighted by molar-refractivity contribution is 5.64. The van der Waals surface area contributed by atoms with Gasteiger partial charge in [0.15, 0.2) is 5.76 Å². The van der Waals surface area contributed by atoms with Gasteiger partial charge in [0.2, 0.25) is 0 Å². The number of ether oxygens (including phenoxy) is 1. The summed E-state index contributed by atoms with van der Waals surface area (Å²) in [5.74, 6) is 1.36. The molecule has 0 saturated carbocycles. The third kappa shape index (κ3) is 1.38. The van der Waals surface area contributed by atoms with Crippen molar-refractivity contribution in [3.63, 3.8) is 0 Å². The van der Waals surface area contributed by atoms with Gasteiger partial charge in [0.05, 0.1) is 18.9 Å². The largest absolute Gasteiger partial charge is 0.496 e. The van der Waals surface area contributed by atoms with E-state index in [2.05, 4.69) is 10.4 Å². The standard InChI is InChI=1S/C9H8N2O2/c1-12-8-5-3-2-4-7(8)9-6-10-11-13-9/h2-6H,1H3. The lowest BCUT2D eigenvalue weighted by Gasteiger charge is -2.02. The number of hydrogen-bond acceptors (Lipinski definition) is 4. The smallest absolute Gasteiger partial charge is 0.191 e. The van der Waals surface area contributed by atoms with E-state index in [1.54, 1.807) is 13.3 Å². The molecule has 4 heteroatoms. The number of benzene rings is 1. The number of nitrogens with zero attached hydrogens (tertiary/aromatic N) is 2. The molecule has 13 heavy (non-hydrogen) atoms. The van der Waals surface area contributed by atoms with Crippen LogP contribution in [0.25, 0.3) is 11.3 Å². The highest BCUT2D eigenvalue weighted by atomic mass is 16.5. The van der Waals surface area contributed by atoms with Gasteiger partial charge >= 0.3 is 0 Å². The SMILES string of the molecule is COc1ccccc1-c1cnno1. The van der Waals surface area contributed by atoms with Crippen LogP contribution in [0.15, 0.2) is 35.0 Å². The minimum Gasteiger partial charge on any atom is -0.496 e. The highest BCUT2D eigenvalue weighted by Crippen LogP contribution is 2.28. The summed E-state index contributed by atoms with van der Waals surface area (Å²) >= 11 is 0. The molecule has 2 rings (SSSR count). The van der Waals surface area contributed by atoms with Crippen molar-refractivity contribution in [2.24, 2.45) is 0 Å². The summed E-state index contributed by atoms with van der Waals surface area (Å²) in [5.41, 5.74) is 0.856. The quantitative estimate of drug-likeness (QED) is 0.699. The van der Waals surface area contributed by atoms with Crippen molar-refractivity contribution in [1.82, 2.24) is 10.4 Å². The zero-order valence-electron chi connectivity index (χ0n) is 7.10. The maximum atomic E-state index is 5.15. The van der Waals surface area contributed by atoms with Crippen LogP contribution in [-0.2, 0) is 0 Å². The third-order valence-corrected chi connectivity index (χ3v) is 1.73. The minimum atomic E-state index is 0.609. The molecule has 0 N–H and O–H groups in total. The van der Waals surface area contributed by atoms with E-state index in [1.807, 2.05) is 24.3 Å². The average Bonchev–Trinajstić information content (AvgIpc) is 2.70. The van der Waals surface area contributed by atoms with Gasteiger partial charge < -0.3 is 9.26 Å². The van der Waals surface area contributed by atoms with E-state index in [9.17, 15) is 0 Å². The first-order valence-electron chi connectivity index (χ1n) is 3.82. The van der Waals surface area contributed by atoms with Crippen LogP contribution >= 0.6 is 0 Å². The molecule has 0 aliphatic heterocycles. The molecular weight excluding hydrogens is 168 g/mol. The number of aromatic nitrogens is 2. The Labute approximate surface area is 75.1 Å². The molecule has 0 aliphatic carbocycles. The van der Waals surface area contributed by atoms with Gasteiger partial charge in [0.1, 0.15) is 5.75 Å². The topological polar surface area (TPSA) is 48.2 Å². The Bertz CT molecular complexity index is 384. The van der Waals surface area contributed by atoms with E-state index in [0.29, 0.717) is 5.76 Å². The summed E-state index contributed by atoms with van der Waals surface area (Å²) in [4.78, 5) is 0. The molecule has 4 nitrogen and oxygen atoms in total. The monoisotopic (exact) mass is 176 g/mol. The van der Waals surface area contributed by atoms with Crippen LogP contribution in [0.5, 0.6) is 5.75 Å². The molecule has 0 aliphatic rings. The predicted molar refractivity (Wildman–Crippen MR) is 46.3 cm³/mol. The van der Waals surface area contributed by atoms with Crippen molar-refractivity contribution in [3.05, 3.63) is 30.5 Å². The van der Waals surface area contributed by atoms with Gasteiger partial charge in [0, 0.05) is 5.27 Å². The van der Waals surface area contributed by atoms with Gasteiger partial charge in [0.25, 0.3) is 0 Å². The Balaban J connectivity index is 2.51. The maximum absolute atomic E-state index is 5.15. The van der Waals surface area contributed by atoms with Crippen LogP contribution in [-0.4, -0.2) is 17.5 Å². The molecule has 0 atom stereocenters. The average molecular weight is 176 g/mol. The highest BCUT2D eigenvalue weighted by Gasteiger charge is 2.07. The molecule has 0 bridgehead atoms.